The molecule has 5 N–H and O–H groups in total. The quantitative estimate of drug-likeness (QED) is 0.125. The summed E-state index contributed by atoms with van der Waals surface area (Å²) in [5.74, 6) is -3.27. The van der Waals surface area contributed by atoms with Crippen LogP contribution in [-0.2, 0) is 11.9 Å². The number of rotatable bonds is 8. The molecule has 0 aliphatic rings. The van der Waals surface area contributed by atoms with Crippen LogP contribution in [0.3, 0.4) is 0 Å². The summed E-state index contributed by atoms with van der Waals surface area (Å²) in [4.78, 5) is 30.1. The Balaban J connectivity index is 0.000000189. The minimum Gasteiger partial charge on any atom is -0.505 e. The van der Waals surface area contributed by atoms with E-state index in [2.05, 4.69) is 36.2 Å². The first-order valence-electron chi connectivity index (χ1n) is 13.9. The normalized spacial score (nSPS) is 10.4. The molecular formula is C32H21BrCl4F2N6O6. The lowest BCUT2D eigenvalue weighted by atomic mass is 10.2. The predicted octanol–water partition coefficient (Wildman–Crippen LogP) is 8.43. The lowest BCUT2D eigenvalue weighted by molar-refractivity contribution is 0.0987. The maximum absolute atomic E-state index is 14.2. The number of aromatic hydroxyl groups is 1. The smallest absolute Gasteiger partial charge is 0.264 e. The Labute approximate surface area is 315 Å². The molecule has 0 saturated carbocycles. The number of halogens is 7. The van der Waals surface area contributed by atoms with Crippen LogP contribution in [0.25, 0.3) is 22.8 Å². The molecule has 2 amide bonds. The van der Waals surface area contributed by atoms with Gasteiger partial charge in [0.2, 0.25) is 17.5 Å². The molecule has 12 nitrogen and oxygen atoms in total. The van der Waals surface area contributed by atoms with E-state index >= 15 is 0 Å². The van der Waals surface area contributed by atoms with Gasteiger partial charge in [-0.3, -0.25) is 9.59 Å². The molecule has 0 aliphatic carbocycles. The first kappa shape index (κ1) is 39.0. The lowest BCUT2D eigenvalue weighted by Gasteiger charge is -2.08. The Morgan fingerprint density at radius 2 is 1.16 bits per heavy atom. The number of carbonyl (C=O) groups is 2. The number of nitrogens with zero attached hydrogens (tertiary/aromatic N) is 4. The molecule has 6 aromatic rings. The Hall–Kier alpha value is -4.80. The Kier molecular flexibility index (Phi) is 13.7. The Bertz CT molecular complexity index is 2150. The summed E-state index contributed by atoms with van der Waals surface area (Å²) in [5.41, 5.74) is 10.6. The molecule has 0 bridgehead atoms. The van der Waals surface area contributed by atoms with Crippen LogP contribution in [0.2, 0.25) is 20.1 Å². The number of amides is 2. The van der Waals surface area contributed by atoms with Crippen molar-refractivity contribution in [3.8, 4) is 34.3 Å². The fourth-order valence-corrected chi connectivity index (χ4v) is 4.79. The SMILES string of the molecule is Clc1ccc(-c2noc(CBr)n2)cc1.NC(=O)c1c(Cl)ccc(O)c1F.NC(=O)c1c(Cl)ccc(OCc2nc(-c3ccc(Cl)cc3)no2)c1F. The van der Waals surface area contributed by atoms with Gasteiger partial charge in [0.15, 0.2) is 29.7 Å². The van der Waals surface area contributed by atoms with Crippen LogP contribution in [0.4, 0.5) is 8.78 Å². The molecule has 0 saturated heterocycles. The summed E-state index contributed by atoms with van der Waals surface area (Å²) in [6.07, 6.45) is 0. The van der Waals surface area contributed by atoms with Crippen molar-refractivity contribution in [1.82, 2.24) is 20.3 Å². The maximum Gasteiger partial charge on any atom is 0.264 e. The number of hydrogen-bond donors (Lipinski definition) is 3. The average Bonchev–Trinajstić information content (AvgIpc) is 3.78. The van der Waals surface area contributed by atoms with Gasteiger partial charge in [-0.15, -0.1) is 0 Å². The number of ether oxygens (including phenoxy) is 1. The van der Waals surface area contributed by atoms with Crippen molar-refractivity contribution in [2.45, 2.75) is 11.9 Å². The van der Waals surface area contributed by atoms with Crippen LogP contribution < -0.4 is 16.2 Å². The standard InChI is InChI=1S/C16H10Cl2FN3O3.C9H6BrClN2O.C7H5ClFNO2/c17-9-3-1-8(2-4-9)16-21-12(25-22-16)7-24-11-6-5-10(18)13(14(11)19)15(20)23;10-5-8-12-9(13-14-8)6-1-3-7(11)4-2-6;8-3-1-2-4(11)6(9)5(3)7(10)12/h1-6H,7H2,(H2,20,23);1-4H,5H2;1-2,11H,(H2,10,12). The van der Waals surface area contributed by atoms with Crippen LogP contribution in [-0.4, -0.2) is 37.2 Å². The molecule has 19 heteroatoms. The summed E-state index contributed by atoms with van der Waals surface area (Å²) in [7, 11) is 0. The lowest BCUT2D eigenvalue weighted by Crippen LogP contribution is -2.14. The van der Waals surface area contributed by atoms with E-state index in [-0.39, 0.29) is 28.3 Å². The number of carbonyl (C=O) groups excluding carboxylic acids is 2. The summed E-state index contributed by atoms with van der Waals surface area (Å²) in [5, 5.41) is 18.1. The molecule has 2 heterocycles. The maximum atomic E-state index is 14.2. The molecule has 6 rings (SSSR count). The third-order valence-electron chi connectivity index (χ3n) is 6.23. The van der Waals surface area contributed by atoms with Gasteiger partial charge in [0.05, 0.1) is 26.5 Å². The zero-order chi connectivity index (χ0) is 37.2. The summed E-state index contributed by atoms with van der Waals surface area (Å²) < 4.78 is 42.4. The number of phenolic OH excluding ortho intramolecular Hbond substituents is 1. The van der Waals surface area contributed by atoms with Gasteiger partial charge in [-0.05, 0) is 72.8 Å². The molecule has 2 aromatic heterocycles. The molecule has 0 aliphatic heterocycles. The number of alkyl halides is 1. The zero-order valence-electron chi connectivity index (χ0n) is 25.4. The fourth-order valence-electron chi connectivity index (χ4n) is 3.83. The molecule has 0 fully saturated rings. The monoisotopic (exact) mass is 842 g/mol. The van der Waals surface area contributed by atoms with Crippen molar-refractivity contribution in [1.29, 1.82) is 0 Å². The molecule has 0 unspecified atom stereocenters. The van der Waals surface area contributed by atoms with Gasteiger partial charge in [-0.2, -0.15) is 9.97 Å². The Morgan fingerprint density at radius 1 is 0.706 bits per heavy atom. The van der Waals surface area contributed by atoms with Crippen molar-refractivity contribution in [2.24, 2.45) is 11.5 Å². The number of phenols is 1. The highest BCUT2D eigenvalue weighted by atomic mass is 79.9. The number of primary amides is 2. The van der Waals surface area contributed by atoms with Gasteiger partial charge in [-0.1, -0.05) is 72.6 Å². The molecule has 0 spiro atoms. The highest BCUT2D eigenvalue weighted by molar-refractivity contribution is 9.08. The minimum atomic E-state index is -1.09. The topological polar surface area (TPSA) is 193 Å². The van der Waals surface area contributed by atoms with Crippen molar-refractivity contribution >= 4 is 74.1 Å². The molecular weight excluding hydrogens is 824 g/mol. The van der Waals surface area contributed by atoms with Gasteiger partial charge in [0, 0.05) is 21.2 Å². The van der Waals surface area contributed by atoms with Crippen LogP contribution in [0, 0.1) is 11.6 Å². The van der Waals surface area contributed by atoms with E-state index in [1.165, 1.54) is 18.2 Å². The number of aromatic nitrogens is 4. The van der Waals surface area contributed by atoms with E-state index in [4.69, 9.17) is 76.8 Å². The van der Waals surface area contributed by atoms with Gasteiger partial charge in [0.1, 0.15) is 0 Å². The predicted molar refractivity (Wildman–Crippen MR) is 188 cm³/mol. The highest BCUT2D eigenvalue weighted by Gasteiger charge is 2.19. The number of nitrogens with two attached hydrogens (primary N) is 2. The second-order valence-corrected chi connectivity index (χ2v) is 11.9. The molecule has 0 radical (unpaired) electrons. The minimum absolute atomic E-state index is 0.0971. The van der Waals surface area contributed by atoms with E-state index in [1.807, 2.05) is 12.1 Å². The van der Waals surface area contributed by atoms with Gasteiger partial charge < -0.3 is 30.4 Å². The molecule has 4 aromatic carbocycles. The highest BCUT2D eigenvalue weighted by Crippen LogP contribution is 2.28. The number of benzene rings is 4. The molecule has 51 heavy (non-hydrogen) atoms. The van der Waals surface area contributed by atoms with E-state index in [0.29, 0.717) is 38.5 Å². The molecule has 0 atom stereocenters. The summed E-state index contributed by atoms with van der Waals surface area (Å²) >= 11 is 26.0. The first-order valence-corrected chi connectivity index (χ1v) is 16.5. The second kappa shape index (κ2) is 17.9. The van der Waals surface area contributed by atoms with Crippen LogP contribution in [0.15, 0.2) is 81.8 Å². The van der Waals surface area contributed by atoms with Crippen molar-refractivity contribution in [3.05, 3.63) is 127 Å². The third kappa shape index (κ3) is 10.4. The van der Waals surface area contributed by atoms with Crippen LogP contribution in [0.5, 0.6) is 11.5 Å². The summed E-state index contributed by atoms with van der Waals surface area (Å²) in [6, 6.07) is 19.0. The van der Waals surface area contributed by atoms with E-state index < -0.39 is 40.3 Å². The largest absolute Gasteiger partial charge is 0.505 e. The van der Waals surface area contributed by atoms with Crippen molar-refractivity contribution in [3.63, 3.8) is 0 Å². The van der Waals surface area contributed by atoms with Crippen LogP contribution >= 0.6 is 62.3 Å². The zero-order valence-corrected chi connectivity index (χ0v) is 30.0. The summed E-state index contributed by atoms with van der Waals surface area (Å²) in [6.45, 7) is -0.197. The van der Waals surface area contributed by atoms with Gasteiger partial charge >= 0.3 is 0 Å². The van der Waals surface area contributed by atoms with E-state index in [1.54, 1.807) is 36.4 Å². The average molecular weight is 845 g/mol. The first-order chi connectivity index (χ1) is 24.3. The third-order valence-corrected chi connectivity index (χ3v) is 7.84. The van der Waals surface area contributed by atoms with Gasteiger partial charge in [0.25, 0.3) is 17.7 Å². The van der Waals surface area contributed by atoms with Crippen LogP contribution in [0.1, 0.15) is 32.5 Å². The fraction of sp³-hybridized carbons (Fsp3) is 0.0625. The van der Waals surface area contributed by atoms with Gasteiger partial charge in [-0.25, -0.2) is 8.78 Å². The Morgan fingerprint density at radius 3 is 1.61 bits per heavy atom. The van der Waals surface area contributed by atoms with Crippen molar-refractivity contribution in [2.75, 3.05) is 0 Å². The number of hydrogen-bond acceptors (Lipinski definition) is 10. The van der Waals surface area contributed by atoms with E-state index in [9.17, 15) is 18.4 Å². The molecule has 264 valence electrons. The van der Waals surface area contributed by atoms with Crippen molar-refractivity contribution < 1.29 is 37.3 Å². The van der Waals surface area contributed by atoms with E-state index in [0.717, 1.165) is 11.6 Å². The second-order valence-electron chi connectivity index (χ2n) is 9.68.